The standard InChI is InChI=1S/C25H32N4O6/c1-24(2,3)34-23(33)27-12-8-17(9-13-27)28-15-16(14-26-28)25(10-11-25)22(32)35-29-20(30)18-6-4-5-7-19(18)21(29)31/h4-7,14-15,17,20-21,30-31H,8-13H2,1-3H3. The zero-order valence-electron chi connectivity index (χ0n) is 20.3. The molecule has 188 valence electrons. The Labute approximate surface area is 204 Å². The molecule has 2 aromatic rings. The summed E-state index contributed by atoms with van der Waals surface area (Å²) >= 11 is 0. The third-order valence-corrected chi connectivity index (χ3v) is 7.01. The quantitative estimate of drug-likeness (QED) is 0.680. The van der Waals surface area contributed by atoms with Crippen LogP contribution < -0.4 is 0 Å². The van der Waals surface area contributed by atoms with Crippen LogP contribution in [0.1, 0.15) is 81.6 Å². The number of carbonyl (C=O) groups excluding carboxylic acids is 2. The first-order chi connectivity index (χ1) is 16.6. The van der Waals surface area contributed by atoms with E-state index in [2.05, 4.69) is 5.10 Å². The maximum Gasteiger partial charge on any atom is 0.410 e. The molecule has 1 aliphatic carbocycles. The van der Waals surface area contributed by atoms with Crippen LogP contribution in [0.5, 0.6) is 0 Å². The van der Waals surface area contributed by atoms with Crippen molar-refractivity contribution < 1.29 is 29.4 Å². The number of amides is 1. The number of benzene rings is 1. The van der Waals surface area contributed by atoms with Gasteiger partial charge >= 0.3 is 12.1 Å². The Kier molecular flexibility index (Phi) is 5.85. The Morgan fingerprint density at radius 3 is 2.20 bits per heavy atom. The van der Waals surface area contributed by atoms with Crippen LogP contribution in [0.15, 0.2) is 36.7 Å². The van der Waals surface area contributed by atoms with Gasteiger partial charge in [-0.25, -0.2) is 9.59 Å². The number of hydrogen-bond donors (Lipinski definition) is 2. The minimum atomic E-state index is -1.22. The molecule has 35 heavy (non-hydrogen) atoms. The Bertz CT molecular complexity index is 1080. The molecular weight excluding hydrogens is 452 g/mol. The Morgan fingerprint density at radius 2 is 1.66 bits per heavy atom. The predicted octanol–water partition coefficient (Wildman–Crippen LogP) is 2.94. The third-order valence-electron chi connectivity index (χ3n) is 7.01. The lowest BCUT2D eigenvalue weighted by Gasteiger charge is -2.33. The summed E-state index contributed by atoms with van der Waals surface area (Å²) in [5, 5.41) is 26.6. The van der Waals surface area contributed by atoms with E-state index in [1.54, 1.807) is 35.4 Å². The highest BCUT2D eigenvalue weighted by atomic mass is 16.7. The zero-order chi connectivity index (χ0) is 25.0. The molecule has 10 nitrogen and oxygen atoms in total. The number of aliphatic hydroxyl groups is 2. The van der Waals surface area contributed by atoms with Crippen LogP contribution in [0, 0.1) is 0 Å². The maximum atomic E-state index is 13.2. The molecule has 1 saturated carbocycles. The maximum absolute atomic E-state index is 13.2. The van der Waals surface area contributed by atoms with Crippen molar-refractivity contribution in [1.82, 2.24) is 19.7 Å². The first-order valence-corrected chi connectivity index (χ1v) is 12.1. The summed E-state index contributed by atoms with van der Waals surface area (Å²) in [6, 6.07) is 7.03. The van der Waals surface area contributed by atoms with E-state index in [-0.39, 0.29) is 12.1 Å². The molecule has 5 rings (SSSR count). The molecule has 0 radical (unpaired) electrons. The average molecular weight is 485 g/mol. The lowest BCUT2D eigenvalue weighted by atomic mass is 10.00. The summed E-state index contributed by atoms with van der Waals surface area (Å²) in [7, 11) is 0. The van der Waals surface area contributed by atoms with Crippen molar-refractivity contribution >= 4 is 12.1 Å². The fourth-order valence-corrected chi connectivity index (χ4v) is 4.83. The summed E-state index contributed by atoms with van der Waals surface area (Å²) in [4.78, 5) is 32.7. The van der Waals surface area contributed by atoms with E-state index in [1.165, 1.54) is 0 Å². The number of fused-ring (bicyclic) bond motifs is 1. The number of ether oxygens (including phenoxy) is 1. The van der Waals surface area contributed by atoms with Gasteiger partial charge < -0.3 is 24.7 Å². The van der Waals surface area contributed by atoms with Gasteiger partial charge in [-0.1, -0.05) is 29.3 Å². The molecule has 3 aliphatic rings. The highest BCUT2D eigenvalue weighted by molar-refractivity contribution is 5.86. The number of aromatic nitrogens is 2. The van der Waals surface area contributed by atoms with E-state index < -0.39 is 29.4 Å². The summed E-state index contributed by atoms with van der Waals surface area (Å²) in [5.74, 6) is -0.511. The van der Waals surface area contributed by atoms with Gasteiger partial charge in [0.2, 0.25) is 0 Å². The topological polar surface area (TPSA) is 117 Å². The Balaban J connectivity index is 1.22. The molecule has 1 aromatic carbocycles. The Morgan fingerprint density at radius 1 is 1.06 bits per heavy atom. The van der Waals surface area contributed by atoms with Crippen molar-refractivity contribution in [3.63, 3.8) is 0 Å². The first-order valence-electron chi connectivity index (χ1n) is 12.1. The van der Waals surface area contributed by atoms with Crippen LogP contribution in [0.4, 0.5) is 4.79 Å². The van der Waals surface area contributed by atoms with Gasteiger partial charge in [0, 0.05) is 36.0 Å². The van der Waals surface area contributed by atoms with Crippen molar-refractivity contribution in [2.24, 2.45) is 0 Å². The van der Waals surface area contributed by atoms with Crippen molar-refractivity contribution in [1.29, 1.82) is 0 Å². The minimum absolute atomic E-state index is 0.117. The van der Waals surface area contributed by atoms with Gasteiger partial charge in [0.25, 0.3) is 0 Å². The van der Waals surface area contributed by atoms with Gasteiger partial charge in [-0.3, -0.25) is 4.68 Å². The van der Waals surface area contributed by atoms with Crippen LogP contribution in [-0.4, -0.2) is 60.7 Å². The Hall–Kier alpha value is -2.95. The van der Waals surface area contributed by atoms with Gasteiger partial charge in [0.15, 0.2) is 12.5 Å². The fraction of sp³-hybridized carbons (Fsp3) is 0.560. The lowest BCUT2D eigenvalue weighted by molar-refractivity contribution is -0.281. The average Bonchev–Trinajstić information content (AvgIpc) is 3.43. The van der Waals surface area contributed by atoms with Crippen LogP contribution >= 0.6 is 0 Å². The molecule has 1 saturated heterocycles. The molecule has 0 spiro atoms. The molecule has 3 heterocycles. The largest absolute Gasteiger partial charge is 0.444 e. The molecule has 1 amide bonds. The second-order valence-corrected chi connectivity index (χ2v) is 10.6. The van der Waals surface area contributed by atoms with E-state index in [4.69, 9.17) is 9.57 Å². The van der Waals surface area contributed by atoms with Gasteiger partial charge in [-0.2, -0.15) is 5.10 Å². The molecule has 1 aromatic heterocycles. The number of nitrogens with zero attached hydrogens (tertiary/aromatic N) is 4. The molecule has 2 atom stereocenters. The molecule has 0 bridgehead atoms. The monoisotopic (exact) mass is 484 g/mol. The number of hydrogen-bond acceptors (Lipinski definition) is 8. The molecule has 2 unspecified atom stereocenters. The highest BCUT2D eigenvalue weighted by Gasteiger charge is 2.56. The normalized spacial score (nSPS) is 24.2. The van der Waals surface area contributed by atoms with Gasteiger partial charge in [-0.15, -0.1) is 0 Å². The van der Waals surface area contributed by atoms with E-state index >= 15 is 0 Å². The summed E-state index contributed by atoms with van der Waals surface area (Å²) in [6.07, 6.45) is 3.53. The van der Waals surface area contributed by atoms with E-state index in [9.17, 15) is 19.8 Å². The second-order valence-electron chi connectivity index (χ2n) is 10.6. The van der Waals surface area contributed by atoms with Crippen LogP contribution in [0.2, 0.25) is 0 Å². The van der Waals surface area contributed by atoms with Crippen LogP contribution in [0.25, 0.3) is 0 Å². The van der Waals surface area contributed by atoms with E-state index in [0.717, 1.165) is 23.5 Å². The minimum Gasteiger partial charge on any atom is -0.444 e. The molecule has 2 N–H and O–H groups in total. The fourth-order valence-electron chi connectivity index (χ4n) is 4.83. The smallest absolute Gasteiger partial charge is 0.410 e. The van der Waals surface area contributed by atoms with Gasteiger partial charge in [0.1, 0.15) is 5.60 Å². The van der Waals surface area contributed by atoms with Crippen molar-refractivity contribution in [3.8, 4) is 0 Å². The van der Waals surface area contributed by atoms with Crippen LogP contribution in [-0.2, 0) is 19.8 Å². The number of rotatable bonds is 4. The van der Waals surface area contributed by atoms with Gasteiger partial charge in [0.05, 0.1) is 17.7 Å². The van der Waals surface area contributed by atoms with E-state index in [1.807, 2.05) is 31.6 Å². The third kappa shape index (κ3) is 4.41. The summed E-state index contributed by atoms with van der Waals surface area (Å²) in [6.45, 7) is 6.71. The zero-order valence-corrected chi connectivity index (χ0v) is 20.3. The van der Waals surface area contributed by atoms with Crippen molar-refractivity contribution in [3.05, 3.63) is 53.3 Å². The van der Waals surface area contributed by atoms with Crippen molar-refractivity contribution in [2.45, 2.75) is 76.0 Å². The van der Waals surface area contributed by atoms with Crippen molar-refractivity contribution in [2.75, 3.05) is 13.1 Å². The summed E-state index contributed by atoms with van der Waals surface area (Å²) < 4.78 is 7.33. The number of carbonyl (C=O) groups is 2. The molecule has 2 fully saturated rings. The number of likely N-dealkylation sites (tertiary alicyclic amines) is 1. The first kappa shape index (κ1) is 23.8. The number of hydroxylamine groups is 2. The lowest BCUT2D eigenvalue weighted by Crippen LogP contribution is -2.42. The highest BCUT2D eigenvalue weighted by Crippen LogP contribution is 2.50. The van der Waals surface area contributed by atoms with Crippen LogP contribution in [0.3, 0.4) is 0 Å². The van der Waals surface area contributed by atoms with Gasteiger partial charge in [-0.05, 0) is 46.5 Å². The van der Waals surface area contributed by atoms with E-state index in [0.29, 0.717) is 37.1 Å². The molecular formula is C25H32N4O6. The molecule has 2 aliphatic heterocycles. The summed E-state index contributed by atoms with van der Waals surface area (Å²) in [5.41, 5.74) is 0.440. The second kappa shape index (κ2) is 8.61. The number of aliphatic hydroxyl groups excluding tert-OH is 2. The predicted molar refractivity (Wildman–Crippen MR) is 124 cm³/mol. The SMILES string of the molecule is CC(C)(C)OC(=O)N1CCC(n2cc(C3(C(=O)ON4C(O)c5ccccc5C4O)CC3)cn2)CC1. The molecule has 10 heteroatoms. The number of piperidine rings is 1.